The molecule has 1 fully saturated rings. The summed E-state index contributed by atoms with van der Waals surface area (Å²) in [5.74, 6) is -0.455. The Balaban J connectivity index is 1.83. The first kappa shape index (κ1) is 14.1. The molecule has 1 aliphatic rings. The third kappa shape index (κ3) is 4.09. The molecule has 104 valence electrons. The van der Waals surface area contributed by atoms with E-state index in [0.29, 0.717) is 31.7 Å². The highest BCUT2D eigenvalue weighted by Crippen LogP contribution is 2.09. The molecule has 19 heavy (non-hydrogen) atoms. The van der Waals surface area contributed by atoms with Crippen molar-refractivity contribution in [3.63, 3.8) is 0 Å². The molecule has 2 rings (SSSR count). The normalized spacial score (nSPS) is 20.4. The first-order valence-corrected chi connectivity index (χ1v) is 6.42. The molecule has 1 N–H and O–H groups in total. The Kier molecular flexibility index (Phi) is 5.01. The van der Waals surface area contributed by atoms with Crippen molar-refractivity contribution in [2.24, 2.45) is 0 Å². The molecule has 1 aromatic rings. The molecule has 0 amide bonds. The third-order valence-corrected chi connectivity index (χ3v) is 3.23. The van der Waals surface area contributed by atoms with Crippen LogP contribution >= 0.6 is 0 Å². The molecule has 0 saturated carbocycles. The number of aliphatic hydroxyl groups excluding tert-OH is 1. The third-order valence-electron chi connectivity index (χ3n) is 3.23. The van der Waals surface area contributed by atoms with Crippen molar-refractivity contribution < 1.29 is 19.0 Å². The summed E-state index contributed by atoms with van der Waals surface area (Å²) in [6.45, 7) is 2.56. The Labute approximate surface area is 111 Å². The summed E-state index contributed by atoms with van der Waals surface area (Å²) in [6, 6.07) is 5.75. The summed E-state index contributed by atoms with van der Waals surface area (Å²) in [4.78, 5) is 14.0. The second-order valence-corrected chi connectivity index (χ2v) is 4.66. The number of rotatable bonds is 5. The predicted octanol–water partition coefficient (Wildman–Crippen LogP) is 1.09. The van der Waals surface area contributed by atoms with Crippen LogP contribution in [-0.2, 0) is 4.74 Å². The molecule has 5 heteroatoms. The Bertz CT molecular complexity index is 438. The monoisotopic (exact) mass is 267 g/mol. The van der Waals surface area contributed by atoms with E-state index in [1.165, 1.54) is 12.1 Å². The number of aliphatic hydroxyl groups is 1. The van der Waals surface area contributed by atoms with Gasteiger partial charge >= 0.3 is 0 Å². The second kappa shape index (κ2) is 6.75. The molecule has 1 saturated heterocycles. The van der Waals surface area contributed by atoms with Crippen molar-refractivity contribution in [1.29, 1.82) is 0 Å². The van der Waals surface area contributed by atoms with Crippen LogP contribution in [0.25, 0.3) is 0 Å². The van der Waals surface area contributed by atoms with Crippen LogP contribution in [0, 0.1) is 5.82 Å². The number of nitrogens with zero attached hydrogens (tertiary/aromatic N) is 1. The Morgan fingerprint density at radius 1 is 1.53 bits per heavy atom. The lowest BCUT2D eigenvalue weighted by molar-refractivity contribution is -0.0523. The van der Waals surface area contributed by atoms with Gasteiger partial charge in [-0.05, 0) is 12.1 Å². The molecule has 0 radical (unpaired) electrons. The standard InChI is InChI=1S/C14H18FNO3/c15-12-3-1-2-11(8-12)14(18)4-5-16-6-7-19-13(9-16)10-17/h1-3,8,13,17H,4-7,9-10H2. The van der Waals surface area contributed by atoms with E-state index in [1.54, 1.807) is 12.1 Å². The number of ether oxygens (including phenoxy) is 1. The van der Waals surface area contributed by atoms with Gasteiger partial charge in [-0.3, -0.25) is 9.69 Å². The lowest BCUT2D eigenvalue weighted by atomic mass is 10.1. The smallest absolute Gasteiger partial charge is 0.164 e. The van der Waals surface area contributed by atoms with Crippen LogP contribution in [0.5, 0.6) is 0 Å². The lowest BCUT2D eigenvalue weighted by Gasteiger charge is -2.31. The fraction of sp³-hybridized carbons (Fsp3) is 0.500. The van der Waals surface area contributed by atoms with Crippen molar-refractivity contribution in [2.45, 2.75) is 12.5 Å². The SMILES string of the molecule is O=C(CCN1CCOC(CO)C1)c1cccc(F)c1. The van der Waals surface area contributed by atoms with Crippen LogP contribution in [-0.4, -0.2) is 54.7 Å². The van der Waals surface area contributed by atoms with Crippen molar-refractivity contribution >= 4 is 5.78 Å². The van der Waals surface area contributed by atoms with Gasteiger partial charge < -0.3 is 9.84 Å². The summed E-state index contributed by atoms with van der Waals surface area (Å²) in [5, 5.41) is 9.03. The van der Waals surface area contributed by atoms with Crippen molar-refractivity contribution in [3.05, 3.63) is 35.6 Å². The average molecular weight is 267 g/mol. The maximum Gasteiger partial charge on any atom is 0.164 e. The Morgan fingerprint density at radius 3 is 3.11 bits per heavy atom. The molecular formula is C14H18FNO3. The summed E-state index contributed by atoms with van der Waals surface area (Å²) in [7, 11) is 0. The molecular weight excluding hydrogens is 249 g/mol. The van der Waals surface area contributed by atoms with Crippen molar-refractivity contribution in [1.82, 2.24) is 4.90 Å². The zero-order chi connectivity index (χ0) is 13.7. The number of carbonyl (C=O) groups excluding carboxylic acids is 1. The number of Topliss-reactive ketones (excluding diaryl/α,β-unsaturated/α-hetero) is 1. The molecule has 1 unspecified atom stereocenters. The summed E-state index contributed by atoms with van der Waals surface area (Å²) in [5.41, 5.74) is 0.409. The van der Waals surface area contributed by atoms with E-state index in [4.69, 9.17) is 9.84 Å². The van der Waals surface area contributed by atoms with E-state index in [1.807, 2.05) is 0 Å². The summed E-state index contributed by atoms with van der Waals surface area (Å²) in [6.07, 6.45) is 0.180. The van der Waals surface area contributed by atoms with Gasteiger partial charge in [0.05, 0.1) is 19.3 Å². The maximum atomic E-state index is 13.0. The average Bonchev–Trinajstić information content (AvgIpc) is 2.45. The highest BCUT2D eigenvalue weighted by molar-refractivity contribution is 5.96. The maximum absolute atomic E-state index is 13.0. The van der Waals surface area contributed by atoms with E-state index in [2.05, 4.69) is 4.90 Å². The molecule has 1 heterocycles. The fourth-order valence-electron chi connectivity index (χ4n) is 2.16. The highest BCUT2D eigenvalue weighted by Gasteiger charge is 2.20. The van der Waals surface area contributed by atoms with Crippen LogP contribution in [0.4, 0.5) is 4.39 Å². The number of hydrogen-bond acceptors (Lipinski definition) is 4. The van der Waals surface area contributed by atoms with Crippen LogP contribution in [0.15, 0.2) is 24.3 Å². The minimum Gasteiger partial charge on any atom is -0.394 e. The topological polar surface area (TPSA) is 49.8 Å². The molecule has 0 spiro atoms. The van der Waals surface area contributed by atoms with Gasteiger partial charge in [-0.2, -0.15) is 0 Å². The minimum atomic E-state index is -0.391. The molecule has 1 atom stereocenters. The van der Waals surface area contributed by atoms with E-state index < -0.39 is 5.82 Å². The molecule has 0 aromatic heterocycles. The number of benzene rings is 1. The van der Waals surface area contributed by atoms with Gasteiger partial charge in [0.25, 0.3) is 0 Å². The summed E-state index contributed by atoms with van der Waals surface area (Å²) >= 11 is 0. The number of hydrogen-bond donors (Lipinski definition) is 1. The predicted molar refractivity (Wildman–Crippen MR) is 68.6 cm³/mol. The summed E-state index contributed by atoms with van der Waals surface area (Å²) < 4.78 is 18.4. The minimum absolute atomic E-state index is 0.00561. The van der Waals surface area contributed by atoms with Gasteiger partial charge in [0.2, 0.25) is 0 Å². The number of ketones is 1. The van der Waals surface area contributed by atoms with Crippen LogP contribution < -0.4 is 0 Å². The molecule has 0 bridgehead atoms. The van der Waals surface area contributed by atoms with E-state index in [9.17, 15) is 9.18 Å². The molecule has 1 aliphatic heterocycles. The van der Waals surface area contributed by atoms with Crippen LogP contribution in [0.2, 0.25) is 0 Å². The Hall–Kier alpha value is -1.30. The van der Waals surface area contributed by atoms with E-state index in [-0.39, 0.29) is 18.5 Å². The van der Waals surface area contributed by atoms with Crippen LogP contribution in [0.3, 0.4) is 0 Å². The molecule has 0 aliphatic carbocycles. The number of halogens is 1. The lowest BCUT2D eigenvalue weighted by Crippen LogP contribution is -2.44. The van der Waals surface area contributed by atoms with Gasteiger partial charge in [0.1, 0.15) is 5.82 Å². The van der Waals surface area contributed by atoms with Gasteiger partial charge in [0.15, 0.2) is 5.78 Å². The van der Waals surface area contributed by atoms with Gasteiger partial charge in [-0.1, -0.05) is 12.1 Å². The van der Waals surface area contributed by atoms with E-state index in [0.717, 1.165) is 6.54 Å². The zero-order valence-electron chi connectivity index (χ0n) is 10.7. The quantitative estimate of drug-likeness (QED) is 0.811. The van der Waals surface area contributed by atoms with Gasteiger partial charge in [0, 0.05) is 31.6 Å². The van der Waals surface area contributed by atoms with E-state index >= 15 is 0 Å². The second-order valence-electron chi connectivity index (χ2n) is 4.66. The first-order chi connectivity index (χ1) is 9.19. The first-order valence-electron chi connectivity index (χ1n) is 6.42. The fourth-order valence-corrected chi connectivity index (χ4v) is 2.16. The van der Waals surface area contributed by atoms with Gasteiger partial charge in [-0.25, -0.2) is 4.39 Å². The largest absolute Gasteiger partial charge is 0.394 e. The van der Waals surface area contributed by atoms with Crippen molar-refractivity contribution in [2.75, 3.05) is 32.8 Å². The van der Waals surface area contributed by atoms with Crippen LogP contribution in [0.1, 0.15) is 16.8 Å². The number of morpholine rings is 1. The molecule has 4 nitrogen and oxygen atoms in total. The molecule has 1 aromatic carbocycles. The Morgan fingerprint density at radius 2 is 2.37 bits per heavy atom. The zero-order valence-corrected chi connectivity index (χ0v) is 10.7. The highest BCUT2D eigenvalue weighted by atomic mass is 19.1. The number of carbonyl (C=O) groups is 1. The van der Waals surface area contributed by atoms with Crippen molar-refractivity contribution in [3.8, 4) is 0 Å². The van der Waals surface area contributed by atoms with Gasteiger partial charge in [-0.15, -0.1) is 0 Å².